The number of rotatable bonds is 3. The smallest absolute Gasteiger partial charge is 0.142 e. The summed E-state index contributed by atoms with van der Waals surface area (Å²) < 4.78 is 0. The molecule has 0 radical (unpaired) electrons. The molecule has 0 aliphatic heterocycles. The highest BCUT2D eigenvalue weighted by molar-refractivity contribution is 5.64. The summed E-state index contributed by atoms with van der Waals surface area (Å²) in [4.78, 5) is 9.91. The third kappa shape index (κ3) is 2.78. The lowest BCUT2D eigenvalue weighted by Crippen LogP contribution is -2.23. The molecule has 0 saturated heterocycles. The lowest BCUT2D eigenvalue weighted by atomic mass is 9.87. The van der Waals surface area contributed by atoms with Crippen molar-refractivity contribution >= 4 is 6.29 Å². The molecule has 0 bridgehead atoms. The van der Waals surface area contributed by atoms with Crippen LogP contribution in [0.15, 0.2) is 12.2 Å². The Bertz CT molecular complexity index is 134. The summed E-state index contributed by atoms with van der Waals surface area (Å²) in [6, 6.07) is 0. The fourth-order valence-corrected chi connectivity index (χ4v) is 0.427. The molecule has 0 amide bonds. The second-order valence-electron chi connectivity index (χ2n) is 2.99. The van der Waals surface area contributed by atoms with Gasteiger partial charge in [-0.2, -0.15) is 0 Å². The number of hydrogen-bond donors (Lipinski definition) is 1. The minimum absolute atomic E-state index is 0.305. The minimum Gasteiger partial charge on any atom is -0.393 e. The van der Waals surface area contributed by atoms with Gasteiger partial charge in [-0.3, -0.25) is 4.79 Å². The monoisotopic (exact) mass is 142 g/mol. The van der Waals surface area contributed by atoms with E-state index in [-0.39, 0.29) is 5.41 Å². The highest BCUT2D eigenvalue weighted by Gasteiger charge is 2.19. The summed E-state index contributed by atoms with van der Waals surface area (Å²) in [5, 5.41) is 9.14. The Hall–Kier alpha value is -0.630. The van der Waals surface area contributed by atoms with Gasteiger partial charge in [0.25, 0.3) is 0 Å². The summed E-state index contributed by atoms with van der Waals surface area (Å²) in [7, 11) is 0. The van der Waals surface area contributed by atoms with Gasteiger partial charge < -0.3 is 5.11 Å². The minimum atomic E-state index is -0.427. The summed E-state index contributed by atoms with van der Waals surface area (Å²) >= 11 is 0. The molecule has 1 unspecified atom stereocenters. The Balaban J connectivity index is 4.11. The van der Waals surface area contributed by atoms with E-state index in [4.69, 9.17) is 5.11 Å². The number of allylic oxidation sites excluding steroid dienone is 1. The van der Waals surface area contributed by atoms with Crippen molar-refractivity contribution in [1.29, 1.82) is 0 Å². The number of aliphatic hydroxyl groups excluding tert-OH is 1. The van der Waals surface area contributed by atoms with Crippen LogP contribution in [0, 0.1) is 5.41 Å². The maximum atomic E-state index is 9.91. The largest absolute Gasteiger partial charge is 0.393 e. The first-order valence-electron chi connectivity index (χ1n) is 3.32. The van der Waals surface area contributed by atoms with Crippen LogP contribution in [-0.2, 0) is 4.79 Å². The fourth-order valence-electron chi connectivity index (χ4n) is 0.427. The maximum absolute atomic E-state index is 9.91. The van der Waals surface area contributed by atoms with Gasteiger partial charge in [-0.25, -0.2) is 0 Å². The van der Waals surface area contributed by atoms with Gasteiger partial charge in [0, 0.05) is 5.41 Å². The molecule has 0 aromatic carbocycles. The highest BCUT2D eigenvalue weighted by atomic mass is 16.3. The van der Waals surface area contributed by atoms with Crippen LogP contribution < -0.4 is 0 Å². The van der Waals surface area contributed by atoms with Crippen molar-refractivity contribution in [2.45, 2.75) is 26.9 Å². The molecule has 0 aromatic heterocycles. The van der Waals surface area contributed by atoms with Crippen LogP contribution in [0.2, 0.25) is 0 Å². The van der Waals surface area contributed by atoms with E-state index < -0.39 is 6.10 Å². The third-order valence-corrected chi connectivity index (χ3v) is 1.68. The van der Waals surface area contributed by atoms with Crippen LogP contribution in [0.4, 0.5) is 0 Å². The molecular weight excluding hydrogens is 128 g/mol. The molecule has 0 aliphatic rings. The maximum Gasteiger partial charge on any atom is 0.142 e. The van der Waals surface area contributed by atoms with Crippen molar-refractivity contribution in [2.24, 2.45) is 5.41 Å². The van der Waals surface area contributed by atoms with E-state index in [0.29, 0.717) is 6.29 Å². The predicted octanol–water partition coefficient (Wildman–Crippen LogP) is 1.15. The van der Waals surface area contributed by atoms with Gasteiger partial charge in [0.05, 0.1) is 6.10 Å². The summed E-state index contributed by atoms with van der Waals surface area (Å²) in [6.07, 6.45) is 3.39. The van der Waals surface area contributed by atoms with Gasteiger partial charge in [0.1, 0.15) is 6.29 Å². The zero-order chi connectivity index (χ0) is 8.20. The van der Waals surface area contributed by atoms with E-state index in [1.165, 1.54) is 6.08 Å². The van der Waals surface area contributed by atoms with Gasteiger partial charge in [-0.15, -0.1) is 0 Å². The van der Waals surface area contributed by atoms with E-state index in [9.17, 15) is 4.79 Å². The predicted molar refractivity (Wildman–Crippen MR) is 40.7 cm³/mol. The molecule has 10 heavy (non-hydrogen) atoms. The Morgan fingerprint density at radius 1 is 1.50 bits per heavy atom. The van der Waals surface area contributed by atoms with Crippen LogP contribution in [-0.4, -0.2) is 17.5 Å². The number of carbonyl (C=O) groups is 1. The highest BCUT2D eigenvalue weighted by Crippen LogP contribution is 2.21. The lowest BCUT2D eigenvalue weighted by Gasteiger charge is -2.23. The molecular formula is C8H14O2. The first-order valence-corrected chi connectivity index (χ1v) is 3.32. The molecule has 0 saturated carbocycles. The second-order valence-corrected chi connectivity index (χ2v) is 2.99. The van der Waals surface area contributed by atoms with E-state index in [1.807, 2.05) is 13.8 Å². The first-order chi connectivity index (χ1) is 4.50. The average molecular weight is 142 g/mol. The quantitative estimate of drug-likeness (QED) is 0.474. The molecule has 0 fully saturated rings. The van der Waals surface area contributed by atoms with Gasteiger partial charge in [0.2, 0.25) is 0 Å². The zero-order valence-corrected chi connectivity index (χ0v) is 6.66. The van der Waals surface area contributed by atoms with Crippen molar-refractivity contribution in [3.05, 3.63) is 12.2 Å². The summed E-state index contributed by atoms with van der Waals surface area (Å²) in [5.74, 6) is 0. The SMILES string of the molecule is CC(O)C(C)(C)/C=C/C=O. The standard InChI is InChI=1S/C8H14O2/c1-7(10)8(2,3)5-4-6-9/h4-7,10H,1-3H3/b5-4+. The third-order valence-electron chi connectivity index (χ3n) is 1.68. The topological polar surface area (TPSA) is 37.3 Å². The normalized spacial score (nSPS) is 15.6. The van der Waals surface area contributed by atoms with Crippen LogP contribution in [0.3, 0.4) is 0 Å². The van der Waals surface area contributed by atoms with E-state index in [0.717, 1.165) is 0 Å². The molecule has 0 aromatic rings. The van der Waals surface area contributed by atoms with Crippen molar-refractivity contribution in [3.63, 3.8) is 0 Å². The number of carbonyl (C=O) groups excluding carboxylic acids is 1. The van der Waals surface area contributed by atoms with Crippen molar-refractivity contribution in [3.8, 4) is 0 Å². The van der Waals surface area contributed by atoms with Crippen molar-refractivity contribution in [1.82, 2.24) is 0 Å². The van der Waals surface area contributed by atoms with Crippen molar-refractivity contribution in [2.75, 3.05) is 0 Å². The van der Waals surface area contributed by atoms with Crippen LogP contribution in [0.1, 0.15) is 20.8 Å². The molecule has 0 rings (SSSR count). The molecule has 58 valence electrons. The molecule has 2 nitrogen and oxygen atoms in total. The molecule has 2 heteroatoms. The number of hydrogen-bond acceptors (Lipinski definition) is 2. The van der Waals surface area contributed by atoms with E-state index >= 15 is 0 Å². The van der Waals surface area contributed by atoms with Gasteiger partial charge in [-0.05, 0) is 13.0 Å². The molecule has 0 heterocycles. The van der Waals surface area contributed by atoms with E-state index in [1.54, 1.807) is 13.0 Å². The first kappa shape index (κ1) is 9.37. The molecule has 0 aliphatic carbocycles. The average Bonchev–Trinajstić information content (AvgIpc) is 1.84. The Morgan fingerprint density at radius 2 is 2.00 bits per heavy atom. The Morgan fingerprint density at radius 3 is 2.30 bits per heavy atom. The molecule has 1 N–H and O–H groups in total. The fraction of sp³-hybridized carbons (Fsp3) is 0.625. The van der Waals surface area contributed by atoms with Crippen LogP contribution >= 0.6 is 0 Å². The van der Waals surface area contributed by atoms with Crippen molar-refractivity contribution < 1.29 is 9.90 Å². The Labute approximate surface area is 61.6 Å². The van der Waals surface area contributed by atoms with Crippen LogP contribution in [0.5, 0.6) is 0 Å². The van der Waals surface area contributed by atoms with Gasteiger partial charge in [0.15, 0.2) is 0 Å². The zero-order valence-electron chi connectivity index (χ0n) is 6.66. The molecule has 1 atom stereocenters. The lowest BCUT2D eigenvalue weighted by molar-refractivity contribution is -0.104. The van der Waals surface area contributed by atoms with Gasteiger partial charge >= 0.3 is 0 Å². The summed E-state index contributed by atoms with van der Waals surface area (Å²) in [6.45, 7) is 5.45. The van der Waals surface area contributed by atoms with E-state index in [2.05, 4.69) is 0 Å². The second kappa shape index (κ2) is 3.52. The van der Waals surface area contributed by atoms with Gasteiger partial charge in [-0.1, -0.05) is 19.9 Å². The van der Waals surface area contributed by atoms with Crippen LogP contribution in [0.25, 0.3) is 0 Å². The Kier molecular flexibility index (Phi) is 3.30. The number of aldehydes is 1. The summed E-state index contributed by atoms with van der Waals surface area (Å²) in [5.41, 5.74) is -0.305. The molecule has 0 spiro atoms. The number of aliphatic hydroxyl groups is 1.